The number of halogens is 1. The molecule has 1 aromatic rings. The Labute approximate surface area is 123 Å². The van der Waals surface area contributed by atoms with Gasteiger partial charge in [0, 0.05) is 0 Å². The van der Waals surface area contributed by atoms with Gasteiger partial charge in [-0.25, -0.2) is 4.39 Å². The summed E-state index contributed by atoms with van der Waals surface area (Å²) in [6.07, 6.45) is 1.14. The third-order valence-corrected chi connectivity index (χ3v) is 4.18. The fourth-order valence-electron chi connectivity index (χ4n) is 3.01. The number of rotatable bonds is 4. The highest BCUT2D eigenvalue weighted by atomic mass is 19.1. The summed E-state index contributed by atoms with van der Waals surface area (Å²) in [5.74, 6) is -2.32. The van der Waals surface area contributed by atoms with Gasteiger partial charge in [-0.1, -0.05) is 19.1 Å². The number of aliphatic carboxylic acids is 1. The van der Waals surface area contributed by atoms with Gasteiger partial charge in [-0.3, -0.25) is 9.59 Å². The first-order chi connectivity index (χ1) is 9.88. The van der Waals surface area contributed by atoms with Gasteiger partial charge in [0.1, 0.15) is 5.82 Å². The van der Waals surface area contributed by atoms with Crippen molar-refractivity contribution in [3.8, 4) is 0 Å². The van der Waals surface area contributed by atoms with E-state index in [0.29, 0.717) is 12.8 Å². The summed E-state index contributed by atoms with van der Waals surface area (Å²) in [5, 5.41) is 12.0. The Balaban J connectivity index is 2.03. The molecule has 0 heterocycles. The smallest absolute Gasteiger partial charge is 0.307 e. The first-order valence-electron chi connectivity index (χ1n) is 7.17. The van der Waals surface area contributed by atoms with E-state index in [9.17, 15) is 19.1 Å². The summed E-state index contributed by atoms with van der Waals surface area (Å²) in [6.45, 7) is 3.77. The molecule has 2 N–H and O–H groups in total. The molecule has 0 radical (unpaired) electrons. The molecule has 1 aromatic carbocycles. The van der Waals surface area contributed by atoms with Crippen molar-refractivity contribution in [1.82, 2.24) is 5.32 Å². The molecule has 21 heavy (non-hydrogen) atoms. The number of carbonyl (C=O) groups excluding carboxylic acids is 1. The standard InChI is InChI=1S/C16H20FNO3/c1-9-7-13(14(8-9)16(20)21)15(19)18-10(2)11-3-5-12(17)6-4-11/h3-6,9-10,13-14H,7-8H2,1-2H3,(H,18,19)(H,20,21)/t9?,10-,13+,14-/m1/s1. The van der Waals surface area contributed by atoms with Gasteiger partial charge in [-0.05, 0) is 43.4 Å². The van der Waals surface area contributed by atoms with Gasteiger partial charge in [-0.2, -0.15) is 0 Å². The van der Waals surface area contributed by atoms with Gasteiger partial charge in [0.2, 0.25) is 5.91 Å². The minimum absolute atomic E-state index is 0.233. The number of carboxylic acid groups (broad SMARTS) is 1. The van der Waals surface area contributed by atoms with Crippen LogP contribution in [-0.4, -0.2) is 17.0 Å². The Morgan fingerprint density at radius 3 is 2.38 bits per heavy atom. The Morgan fingerprint density at radius 1 is 1.24 bits per heavy atom. The van der Waals surface area contributed by atoms with Gasteiger partial charge in [0.25, 0.3) is 0 Å². The molecule has 1 fully saturated rings. The first-order valence-corrected chi connectivity index (χ1v) is 7.17. The van der Waals surface area contributed by atoms with Crippen LogP contribution in [0.2, 0.25) is 0 Å². The Hall–Kier alpha value is -1.91. The zero-order chi connectivity index (χ0) is 15.6. The summed E-state index contributed by atoms with van der Waals surface area (Å²) in [6, 6.07) is 5.65. The molecule has 0 bridgehead atoms. The minimum Gasteiger partial charge on any atom is -0.481 e. The molecule has 1 amide bonds. The summed E-state index contributed by atoms with van der Waals surface area (Å²) >= 11 is 0. The lowest BCUT2D eigenvalue weighted by Crippen LogP contribution is -2.36. The highest BCUT2D eigenvalue weighted by Crippen LogP contribution is 2.36. The first kappa shape index (κ1) is 15.5. The number of hydrogen-bond donors (Lipinski definition) is 2. The quantitative estimate of drug-likeness (QED) is 0.897. The third kappa shape index (κ3) is 3.60. The fraction of sp³-hybridized carbons (Fsp3) is 0.500. The normalized spacial score (nSPS) is 26.3. The maximum atomic E-state index is 12.9. The van der Waals surface area contributed by atoms with Gasteiger partial charge in [0.15, 0.2) is 0 Å². The topological polar surface area (TPSA) is 66.4 Å². The molecule has 114 valence electrons. The maximum absolute atomic E-state index is 12.9. The predicted molar refractivity (Wildman–Crippen MR) is 76.0 cm³/mol. The Morgan fingerprint density at radius 2 is 1.81 bits per heavy atom. The van der Waals surface area contributed by atoms with Crippen LogP contribution in [0.5, 0.6) is 0 Å². The molecule has 1 unspecified atom stereocenters. The molecule has 1 aliphatic rings. The zero-order valence-corrected chi connectivity index (χ0v) is 12.2. The molecule has 0 aromatic heterocycles. The van der Waals surface area contributed by atoms with E-state index in [-0.39, 0.29) is 23.7 Å². The highest BCUT2D eigenvalue weighted by Gasteiger charge is 2.41. The second-order valence-electron chi connectivity index (χ2n) is 5.91. The highest BCUT2D eigenvalue weighted by molar-refractivity contribution is 5.85. The molecule has 1 saturated carbocycles. The van der Waals surface area contributed by atoms with E-state index in [0.717, 1.165) is 5.56 Å². The molecule has 4 nitrogen and oxygen atoms in total. The van der Waals surface area contributed by atoms with Crippen molar-refractivity contribution in [2.75, 3.05) is 0 Å². The van der Waals surface area contributed by atoms with Crippen molar-refractivity contribution >= 4 is 11.9 Å². The van der Waals surface area contributed by atoms with E-state index in [1.165, 1.54) is 12.1 Å². The van der Waals surface area contributed by atoms with Crippen molar-refractivity contribution in [3.05, 3.63) is 35.6 Å². The van der Waals surface area contributed by atoms with E-state index in [1.807, 2.05) is 6.92 Å². The van der Waals surface area contributed by atoms with Crippen LogP contribution in [0.25, 0.3) is 0 Å². The minimum atomic E-state index is -0.908. The number of carboxylic acids is 1. The molecule has 0 saturated heterocycles. The third-order valence-electron chi connectivity index (χ3n) is 4.18. The molecular formula is C16H20FNO3. The second-order valence-corrected chi connectivity index (χ2v) is 5.91. The number of amides is 1. The van der Waals surface area contributed by atoms with E-state index in [2.05, 4.69) is 5.32 Å². The van der Waals surface area contributed by atoms with Crippen LogP contribution in [0, 0.1) is 23.6 Å². The summed E-state index contributed by atoms with van der Waals surface area (Å²) in [5.41, 5.74) is 0.794. The SMILES string of the molecule is CC1C[C@H](C(=O)N[C@H](C)c2ccc(F)cc2)[C@H](C(=O)O)C1. The van der Waals surface area contributed by atoms with Crippen molar-refractivity contribution in [3.63, 3.8) is 0 Å². The van der Waals surface area contributed by atoms with E-state index < -0.39 is 17.8 Å². The lowest BCUT2D eigenvalue weighted by Gasteiger charge is -2.20. The van der Waals surface area contributed by atoms with E-state index in [1.54, 1.807) is 19.1 Å². The Bertz CT molecular complexity index is 529. The van der Waals surface area contributed by atoms with Crippen LogP contribution in [0.3, 0.4) is 0 Å². The maximum Gasteiger partial charge on any atom is 0.307 e. The van der Waals surface area contributed by atoms with Crippen molar-refractivity contribution < 1.29 is 19.1 Å². The zero-order valence-electron chi connectivity index (χ0n) is 12.2. The van der Waals surface area contributed by atoms with Gasteiger partial charge < -0.3 is 10.4 Å². The number of nitrogens with one attached hydrogen (secondary N) is 1. The predicted octanol–water partition coefficient (Wildman–Crippen LogP) is 2.75. The molecule has 2 rings (SSSR count). The average molecular weight is 293 g/mol. The van der Waals surface area contributed by atoms with Crippen molar-refractivity contribution in [2.24, 2.45) is 17.8 Å². The van der Waals surface area contributed by atoms with Gasteiger partial charge in [0.05, 0.1) is 17.9 Å². The number of carbonyl (C=O) groups is 2. The summed E-state index contributed by atoms with van der Waals surface area (Å²) in [7, 11) is 0. The summed E-state index contributed by atoms with van der Waals surface area (Å²) < 4.78 is 12.9. The molecular weight excluding hydrogens is 273 g/mol. The largest absolute Gasteiger partial charge is 0.481 e. The molecule has 4 atom stereocenters. The fourth-order valence-corrected chi connectivity index (χ4v) is 3.01. The van der Waals surface area contributed by atoms with Crippen LogP contribution >= 0.6 is 0 Å². The van der Waals surface area contributed by atoms with E-state index in [4.69, 9.17) is 0 Å². The average Bonchev–Trinajstić information content (AvgIpc) is 2.82. The molecule has 5 heteroatoms. The van der Waals surface area contributed by atoms with E-state index >= 15 is 0 Å². The van der Waals surface area contributed by atoms with Crippen molar-refractivity contribution in [2.45, 2.75) is 32.7 Å². The molecule has 0 spiro atoms. The Kier molecular flexibility index (Phi) is 4.60. The molecule has 1 aliphatic carbocycles. The summed E-state index contributed by atoms with van der Waals surface area (Å²) in [4.78, 5) is 23.5. The van der Waals surface area contributed by atoms with Crippen LogP contribution in [0.1, 0.15) is 38.3 Å². The van der Waals surface area contributed by atoms with Crippen LogP contribution in [0.15, 0.2) is 24.3 Å². The monoisotopic (exact) mass is 293 g/mol. The molecule has 0 aliphatic heterocycles. The van der Waals surface area contributed by atoms with Gasteiger partial charge in [-0.15, -0.1) is 0 Å². The number of hydrogen-bond acceptors (Lipinski definition) is 2. The van der Waals surface area contributed by atoms with Crippen LogP contribution in [-0.2, 0) is 9.59 Å². The lowest BCUT2D eigenvalue weighted by atomic mass is 9.94. The van der Waals surface area contributed by atoms with Crippen LogP contribution < -0.4 is 5.32 Å². The second kappa shape index (κ2) is 6.24. The van der Waals surface area contributed by atoms with Gasteiger partial charge >= 0.3 is 5.97 Å². The number of benzene rings is 1. The van der Waals surface area contributed by atoms with Crippen LogP contribution in [0.4, 0.5) is 4.39 Å². The lowest BCUT2D eigenvalue weighted by molar-refractivity contribution is -0.146. The van der Waals surface area contributed by atoms with Crippen molar-refractivity contribution in [1.29, 1.82) is 0 Å².